The van der Waals surface area contributed by atoms with E-state index in [1.54, 1.807) is 22.9 Å². The normalized spacial score (nSPS) is 11.4. The van der Waals surface area contributed by atoms with Crippen molar-refractivity contribution in [1.29, 1.82) is 0 Å². The number of aromatic hydroxyl groups is 1. The Morgan fingerprint density at radius 3 is 2.33 bits per heavy atom. The number of imidazole rings is 1. The van der Waals surface area contributed by atoms with Crippen LogP contribution >= 0.6 is 11.8 Å². The van der Waals surface area contributed by atoms with Crippen LogP contribution in [0.5, 0.6) is 5.75 Å². The van der Waals surface area contributed by atoms with Gasteiger partial charge in [-0.25, -0.2) is 4.98 Å². The number of aromatic nitrogens is 3. The van der Waals surface area contributed by atoms with Crippen LogP contribution in [0.4, 0.5) is 0 Å². The van der Waals surface area contributed by atoms with Crippen LogP contribution in [0.2, 0.25) is 0 Å². The average Bonchev–Trinajstić information content (AvgIpc) is 3.15. The Bertz CT molecular complexity index is 1420. The number of phenolic OH excluding ortho intramolecular Hbond substituents is 1. The lowest BCUT2D eigenvalue weighted by Gasteiger charge is -2.10. The van der Waals surface area contributed by atoms with Gasteiger partial charge in [-0.3, -0.25) is 9.36 Å². The molecule has 5 rings (SSSR count). The second kappa shape index (κ2) is 9.22. The first kappa shape index (κ1) is 20.8. The number of hydrogen-bond donors (Lipinski definition) is 2. The van der Waals surface area contributed by atoms with Crippen molar-refractivity contribution >= 4 is 23.9 Å². The van der Waals surface area contributed by atoms with E-state index in [1.807, 2.05) is 84.9 Å². The summed E-state index contributed by atoms with van der Waals surface area (Å²) in [7, 11) is 0. The quantitative estimate of drug-likeness (QED) is 0.352. The van der Waals surface area contributed by atoms with Gasteiger partial charge in [-0.2, -0.15) is 0 Å². The molecule has 2 aliphatic rings. The molecule has 0 saturated carbocycles. The maximum Gasteiger partial charge on any atom is 0.278 e. The highest BCUT2D eigenvalue weighted by Crippen LogP contribution is 2.31. The molecule has 3 aromatic rings. The Balaban J connectivity index is 1.57. The number of fused-ring (bicyclic) bond motifs is 1. The number of benzene rings is 3. The second-order valence-corrected chi connectivity index (χ2v) is 8.68. The second-order valence-electron chi connectivity index (χ2n) is 7.60. The first-order valence-electron chi connectivity index (χ1n) is 10.5. The molecular weight excluding hydrogens is 430 g/mol. The minimum atomic E-state index is -0.114. The lowest BCUT2D eigenvalue weighted by atomic mass is 10.1. The third kappa shape index (κ3) is 4.76. The Morgan fingerprint density at radius 1 is 0.909 bits per heavy atom. The molecule has 0 atom stereocenters. The summed E-state index contributed by atoms with van der Waals surface area (Å²) < 4.78 is 1.62. The van der Waals surface area contributed by atoms with Crippen molar-refractivity contribution in [2.75, 3.05) is 0 Å². The van der Waals surface area contributed by atoms with Gasteiger partial charge in [0.15, 0.2) is 5.82 Å². The van der Waals surface area contributed by atoms with E-state index >= 15 is 0 Å². The fraction of sp³-hybridized carbons (Fsp3) is 0.0370. The van der Waals surface area contributed by atoms with Crippen LogP contribution in [-0.4, -0.2) is 19.6 Å². The van der Waals surface area contributed by atoms with Gasteiger partial charge >= 0.3 is 0 Å². The third-order valence-corrected chi connectivity index (χ3v) is 6.19. The molecular formula is C27H21N3O2S. The first-order chi connectivity index (χ1) is 16.2. The molecule has 0 unspecified atom stereocenters. The Kier molecular flexibility index (Phi) is 5.83. The minimum absolute atomic E-state index is 0.114. The van der Waals surface area contributed by atoms with Crippen LogP contribution in [0.3, 0.4) is 0 Å². The highest BCUT2D eigenvalue weighted by molar-refractivity contribution is 7.99. The SMILES string of the molecule is O=c1c(Cc2ccccc2)nc2c(Sc3ccccc3)[nH]c(/C=C/c3ccc(O)cc3)cn1-2. The predicted octanol–water partition coefficient (Wildman–Crippen LogP) is 5.62. The zero-order valence-electron chi connectivity index (χ0n) is 17.7. The van der Waals surface area contributed by atoms with Crippen molar-refractivity contribution in [2.24, 2.45) is 0 Å². The van der Waals surface area contributed by atoms with Gasteiger partial charge in [0.1, 0.15) is 16.5 Å². The largest absolute Gasteiger partial charge is 0.508 e. The van der Waals surface area contributed by atoms with Crippen LogP contribution in [0, 0.1) is 0 Å². The molecule has 2 N–H and O–H groups in total. The van der Waals surface area contributed by atoms with Gasteiger partial charge in [-0.15, -0.1) is 0 Å². The van der Waals surface area contributed by atoms with Crippen LogP contribution < -0.4 is 5.56 Å². The van der Waals surface area contributed by atoms with Crippen molar-refractivity contribution in [3.63, 3.8) is 0 Å². The van der Waals surface area contributed by atoms with Crippen molar-refractivity contribution in [2.45, 2.75) is 16.3 Å². The summed E-state index contributed by atoms with van der Waals surface area (Å²) in [5.41, 5.74) is 3.17. The van der Waals surface area contributed by atoms with Gasteiger partial charge < -0.3 is 10.1 Å². The number of H-pyrrole nitrogens is 1. The number of aromatic amines is 1. The molecule has 0 bridgehead atoms. The topological polar surface area (TPSA) is 70.9 Å². The van der Waals surface area contributed by atoms with E-state index in [1.165, 1.54) is 11.8 Å². The molecule has 162 valence electrons. The average molecular weight is 452 g/mol. The van der Waals surface area contributed by atoms with Crippen molar-refractivity contribution < 1.29 is 5.11 Å². The summed E-state index contributed by atoms with van der Waals surface area (Å²) in [6, 6.07) is 26.8. The maximum absolute atomic E-state index is 13.2. The van der Waals surface area contributed by atoms with Crippen LogP contribution in [-0.2, 0) is 6.42 Å². The van der Waals surface area contributed by atoms with Gasteiger partial charge in [0.2, 0.25) is 0 Å². The van der Waals surface area contributed by atoms with E-state index in [-0.39, 0.29) is 11.3 Å². The zero-order chi connectivity index (χ0) is 22.6. The van der Waals surface area contributed by atoms with E-state index in [9.17, 15) is 9.90 Å². The van der Waals surface area contributed by atoms with Gasteiger partial charge in [0.05, 0.1) is 5.69 Å². The lowest BCUT2D eigenvalue weighted by Crippen LogP contribution is -2.16. The fourth-order valence-electron chi connectivity index (χ4n) is 3.54. The Labute approximate surface area is 195 Å². The van der Waals surface area contributed by atoms with Gasteiger partial charge in [-0.1, -0.05) is 78.5 Å². The fourth-order valence-corrected chi connectivity index (χ4v) is 4.47. The van der Waals surface area contributed by atoms with Crippen molar-refractivity contribution in [3.05, 3.63) is 124 Å². The molecule has 33 heavy (non-hydrogen) atoms. The molecule has 2 aliphatic heterocycles. The summed E-state index contributed by atoms with van der Waals surface area (Å²) >= 11 is 1.54. The van der Waals surface area contributed by atoms with E-state index < -0.39 is 0 Å². The molecule has 0 aliphatic carbocycles. The molecule has 0 fully saturated rings. The van der Waals surface area contributed by atoms with Crippen LogP contribution in [0.1, 0.15) is 22.5 Å². The number of nitrogens with one attached hydrogen (secondary N) is 1. The molecule has 0 spiro atoms. The highest BCUT2D eigenvalue weighted by Gasteiger charge is 2.20. The number of phenols is 1. The minimum Gasteiger partial charge on any atom is -0.508 e. The predicted molar refractivity (Wildman–Crippen MR) is 132 cm³/mol. The molecule has 0 saturated heterocycles. The van der Waals surface area contributed by atoms with Gasteiger partial charge in [-0.05, 0) is 41.5 Å². The molecule has 0 amide bonds. The maximum atomic E-state index is 13.2. The monoisotopic (exact) mass is 451 g/mol. The standard InChI is InChI=1S/C27H21N3O2S/c31-22-15-12-19(13-16-22)11-14-21-18-30-25(26(28-21)33-23-9-5-2-6-10-23)29-24(27(30)32)17-20-7-3-1-4-8-20/h1-16,18,28,31H,17H2/b14-11+. The molecule has 2 heterocycles. The number of rotatable bonds is 6. The van der Waals surface area contributed by atoms with E-state index in [4.69, 9.17) is 4.98 Å². The molecule has 3 aromatic carbocycles. The lowest BCUT2D eigenvalue weighted by molar-refractivity contribution is 0.475. The zero-order valence-corrected chi connectivity index (χ0v) is 18.5. The summed E-state index contributed by atoms with van der Waals surface area (Å²) in [5.74, 6) is 0.837. The number of hydrogen-bond acceptors (Lipinski definition) is 4. The summed E-state index contributed by atoms with van der Waals surface area (Å²) in [4.78, 5) is 22.4. The molecule has 0 radical (unpaired) electrons. The first-order valence-corrected chi connectivity index (χ1v) is 11.4. The smallest absolute Gasteiger partial charge is 0.278 e. The molecule has 5 nitrogen and oxygen atoms in total. The third-order valence-electron chi connectivity index (χ3n) is 5.19. The summed E-state index contributed by atoms with van der Waals surface area (Å²) in [6.45, 7) is 0. The molecule has 0 aromatic heterocycles. The van der Waals surface area contributed by atoms with E-state index in [2.05, 4.69) is 4.98 Å². The van der Waals surface area contributed by atoms with Crippen molar-refractivity contribution in [1.82, 2.24) is 14.5 Å². The van der Waals surface area contributed by atoms with Crippen LogP contribution in [0.15, 0.2) is 106 Å². The van der Waals surface area contributed by atoms with E-state index in [0.29, 0.717) is 17.9 Å². The summed E-state index contributed by atoms with van der Waals surface area (Å²) in [6.07, 6.45) is 6.11. The summed E-state index contributed by atoms with van der Waals surface area (Å²) in [5, 5.41) is 10.3. The van der Waals surface area contributed by atoms with Gasteiger partial charge in [0, 0.05) is 17.5 Å². The Morgan fingerprint density at radius 2 is 1.61 bits per heavy atom. The van der Waals surface area contributed by atoms with Crippen molar-refractivity contribution in [3.8, 4) is 11.6 Å². The van der Waals surface area contributed by atoms with Gasteiger partial charge in [0.25, 0.3) is 5.56 Å². The highest BCUT2D eigenvalue weighted by atomic mass is 32.2. The molecule has 6 heteroatoms. The Hall–Kier alpha value is -4.03. The number of nitrogens with zero attached hydrogens (tertiary/aromatic N) is 2. The van der Waals surface area contributed by atoms with E-state index in [0.717, 1.165) is 26.7 Å². The van der Waals surface area contributed by atoms with Crippen LogP contribution in [0.25, 0.3) is 18.0 Å².